The van der Waals surface area contributed by atoms with E-state index in [0.717, 1.165) is 53.6 Å². The van der Waals surface area contributed by atoms with Crippen molar-refractivity contribution in [1.82, 2.24) is 4.90 Å². The molecule has 0 saturated carbocycles. The maximum atomic E-state index is 12.5. The van der Waals surface area contributed by atoms with E-state index < -0.39 is 12.5 Å². The molecule has 1 aliphatic rings. The third-order valence-electron chi connectivity index (χ3n) is 4.24. The van der Waals surface area contributed by atoms with Crippen molar-refractivity contribution < 1.29 is 18.3 Å². The van der Waals surface area contributed by atoms with E-state index >= 15 is 0 Å². The number of thioether (sulfide) groups is 1. The van der Waals surface area contributed by atoms with Crippen molar-refractivity contribution in [3.05, 3.63) is 45.6 Å². The maximum absolute atomic E-state index is 12.5. The molecule has 0 radical (unpaired) electrons. The molecule has 0 spiro atoms. The van der Waals surface area contributed by atoms with E-state index in [9.17, 15) is 13.6 Å². The van der Waals surface area contributed by atoms with E-state index in [0.29, 0.717) is 5.69 Å². The topological polar surface area (TPSA) is 41.6 Å². The van der Waals surface area contributed by atoms with Crippen molar-refractivity contribution in [2.45, 2.75) is 20.1 Å². The monoisotopic (exact) mass is 398 g/mol. The highest BCUT2D eigenvalue weighted by Crippen LogP contribution is 2.28. The summed E-state index contributed by atoms with van der Waals surface area (Å²) in [6.07, 6.45) is 0. The quantitative estimate of drug-likeness (QED) is 0.780. The first-order valence-electron chi connectivity index (χ1n) is 8.27. The van der Waals surface area contributed by atoms with Crippen LogP contribution in [0.15, 0.2) is 29.6 Å². The summed E-state index contributed by atoms with van der Waals surface area (Å²) in [6, 6.07) is 7.16. The highest BCUT2D eigenvalue weighted by atomic mass is 32.2. The second-order valence-corrected chi connectivity index (χ2v) is 8.07. The van der Waals surface area contributed by atoms with Gasteiger partial charge in [-0.25, -0.2) is 0 Å². The molecule has 2 aromatic rings. The van der Waals surface area contributed by atoms with E-state index in [-0.39, 0.29) is 10.6 Å². The third kappa shape index (κ3) is 4.75. The lowest BCUT2D eigenvalue weighted by Gasteiger charge is -2.27. The number of ether oxygens (including phenoxy) is 1. The summed E-state index contributed by atoms with van der Waals surface area (Å²) in [4.78, 5) is 15.0. The number of amides is 1. The second kappa shape index (κ2) is 8.83. The number of rotatable bonds is 6. The van der Waals surface area contributed by atoms with Crippen molar-refractivity contribution in [1.29, 1.82) is 0 Å². The summed E-state index contributed by atoms with van der Waals surface area (Å²) in [6.45, 7) is 1.97. The first kappa shape index (κ1) is 19.1. The van der Waals surface area contributed by atoms with Crippen LogP contribution in [-0.4, -0.2) is 42.0 Å². The van der Waals surface area contributed by atoms with Gasteiger partial charge in [-0.1, -0.05) is 12.1 Å². The van der Waals surface area contributed by atoms with Crippen LogP contribution >= 0.6 is 23.1 Å². The number of thiophene rings is 1. The predicted octanol–water partition coefficient (Wildman–Crippen LogP) is 4.46. The zero-order valence-corrected chi connectivity index (χ0v) is 16.0. The van der Waals surface area contributed by atoms with Crippen molar-refractivity contribution >= 4 is 34.7 Å². The molecular formula is C18H20F2N2O2S2. The van der Waals surface area contributed by atoms with Crippen LogP contribution in [0.2, 0.25) is 0 Å². The number of hydrogen-bond donors (Lipinski definition) is 1. The number of carbonyl (C=O) groups excluding carboxylic acids is 1. The molecule has 0 bridgehead atoms. The smallest absolute Gasteiger partial charge is 0.387 e. The minimum absolute atomic E-state index is 0.0953. The summed E-state index contributed by atoms with van der Waals surface area (Å²) in [5.74, 6) is 1.74. The van der Waals surface area contributed by atoms with Gasteiger partial charge in [0.25, 0.3) is 5.91 Å². The molecule has 1 aliphatic heterocycles. The number of halogens is 2. The fraction of sp³-hybridized carbons (Fsp3) is 0.389. The van der Waals surface area contributed by atoms with Crippen molar-refractivity contribution in [2.24, 2.45) is 0 Å². The molecule has 0 atom stereocenters. The lowest BCUT2D eigenvalue weighted by Crippen LogP contribution is -2.32. The van der Waals surface area contributed by atoms with Gasteiger partial charge in [-0.3, -0.25) is 9.69 Å². The molecule has 0 aliphatic carbocycles. The molecule has 1 aromatic heterocycles. The van der Waals surface area contributed by atoms with Gasteiger partial charge in [0.2, 0.25) is 0 Å². The summed E-state index contributed by atoms with van der Waals surface area (Å²) < 4.78 is 29.3. The molecule has 1 N–H and O–H groups in total. The van der Waals surface area contributed by atoms with Crippen LogP contribution in [0, 0.1) is 6.92 Å². The lowest BCUT2D eigenvalue weighted by molar-refractivity contribution is -0.0498. The normalized spacial score (nSPS) is 15.2. The summed E-state index contributed by atoms with van der Waals surface area (Å²) in [5.41, 5.74) is 2.84. The Kier molecular flexibility index (Phi) is 6.50. The third-order valence-corrected chi connectivity index (χ3v) is 6.08. The van der Waals surface area contributed by atoms with Crippen LogP contribution in [-0.2, 0) is 6.54 Å². The number of nitrogens with zero attached hydrogens (tertiary/aromatic N) is 1. The lowest BCUT2D eigenvalue weighted by atomic mass is 10.1. The van der Waals surface area contributed by atoms with Gasteiger partial charge in [-0.15, -0.1) is 11.3 Å². The summed E-state index contributed by atoms with van der Waals surface area (Å²) in [5, 5.41) is 4.39. The van der Waals surface area contributed by atoms with Crippen LogP contribution in [0.5, 0.6) is 5.75 Å². The molecule has 4 nitrogen and oxygen atoms in total. The van der Waals surface area contributed by atoms with Crippen LogP contribution in [0.25, 0.3) is 0 Å². The van der Waals surface area contributed by atoms with Gasteiger partial charge in [-0.05, 0) is 35.6 Å². The molecule has 1 amide bonds. The van der Waals surface area contributed by atoms with E-state index in [2.05, 4.69) is 21.0 Å². The molecule has 1 aromatic carbocycles. The highest BCUT2D eigenvalue weighted by molar-refractivity contribution is 7.99. The Hall–Kier alpha value is -1.64. The fourth-order valence-electron chi connectivity index (χ4n) is 2.82. The fourth-order valence-corrected chi connectivity index (χ4v) is 4.52. The predicted molar refractivity (Wildman–Crippen MR) is 103 cm³/mol. The zero-order valence-electron chi connectivity index (χ0n) is 14.3. The van der Waals surface area contributed by atoms with Gasteiger partial charge in [-0.2, -0.15) is 20.5 Å². The Labute approximate surface area is 159 Å². The molecule has 1 fully saturated rings. The van der Waals surface area contributed by atoms with Crippen molar-refractivity contribution in [3.63, 3.8) is 0 Å². The Morgan fingerprint density at radius 1 is 1.31 bits per heavy atom. The van der Waals surface area contributed by atoms with Gasteiger partial charge in [0, 0.05) is 36.8 Å². The van der Waals surface area contributed by atoms with Crippen molar-refractivity contribution in [3.8, 4) is 5.75 Å². The number of benzene rings is 1. The van der Waals surface area contributed by atoms with E-state index in [4.69, 9.17) is 0 Å². The number of alkyl halides is 2. The van der Waals surface area contributed by atoms with E-state index in [1.165, 1.54) is 6.07 Å². The van der Waals surface area contributed by atoms with Gasteiger partial charge < -0.3 is 10.1 Å². The first-order valence-corrected chi connectivity index (χ1v) is 10.3. The SMILES string of the molecule is Cc1c(CN2CCSCC2)cccc1NC(=O)c1sccc1OC(F)F. The first-order chi connectivity index (χ1) is 12.5. The molecule has 26 heavy (non-hydrogen) atoms. The van der Waals surface area contributed by atoms with E-state index in [1.807, 2.05) is 30.8 Å². The van der Waals surface area contributed by atoms with Gasteiger partial charge >= 0.3 is 6.61 Å². The Bertz CT molecular complexity index is 761. The van der Waals surface area contributed by atoms with E-state index in [1.54, 1.807) is 5.38 Å². The van der Waals surface area contributed by atoms with Gasteiger partial charge in [0.05, 0.1) is 0 Å². The Morgan fingerprint density at radius 2 is 2.08 bits per heavy atom. The maximum Gasteiger partial charge on any atom is 0.387 e. The van der Waals surface area contributed by atoms with Crippen LogP contribution in [0.1, 0.15) is 20.8 Å². The molecule has 1 saturated heterocycles. The van der Waals surface area contributed by atoms with Gasteiger partial charge in [0.1, 0.15) is 10.6 Å². The molecular weight excluding hydrogens is 378 g/mol. The minimum Gasteiger partial charge on any atom is -0.433 e. The highest BCUT2D eigenvalue weighted by Gasteiger charge is 2.19. The minimum atomic E-state index is -2.95. The Balaban J connectivity index is 1.72. The summed E-state index contributed by atoms with van der Waals surface area (Å²) in [7, 11) is 0. The average molecular weight is 399 g/mol. The Morgan fingerprint density at radius 3 is 2.81 bits per heavy atom. The average Bonchev–Trinajstić information content (AvgIpc) is 3.07. The van der Waals surface area contributed by atoms with Crippen molar-refractivity contribution in [2.75, 3.05) is 29.9 Å². The second-order valence-electron chi connectivity index (χ2n) is 5.92. The molecule has 0 unspecified atom stereocenters. The molecule has 2 heterocycles. The number of hydrogen-bond acceptors (Lipinski definition) is 5. The summed E-state index contributed by atoms with van der Waals surface area (Å²) >= 11 is 3.04. The largest absolute Gasteiger partial charge is 0.433 e. The molecule has 3 rings (SSSR count). The van der Waals surface area contributed by atoms with Gasteiger partial charge in [0.15, 0.2) is 0 Å². The zero-order chi connectivity index (χ0) is 18.5. The number of carbonyl (C=O) groups is 1. The molecule has 8 heteroatoms. The van der Waals surface area contributed by atoms with Crippen LogP contribution in [0.3, 0.4) is 0 Å². The number of anilines is 1. The van der Waals surface area contributed by atoms with Crippen LogP contribution < -0.4 is 10.1 Å². The number of nitrogens with one attached hydrogen (secondary N) is 1. The standard InChI is InChI=1S/C18H20F2N2O2S2/c1-12-13(11-22-6-9-25-10-7-22)3-2-4-14(12)21-17(23)16-15(5-8-26-16)24-18(19)20/h2-5,8,18H,6-7,9-11H2,1H3,(H,21,23). The molecule has 140 valence electrons. The van der Waals surface area contributed by atoms with Crippen LogP contribution in [0.4, 0.5) is 14.5 Å².